The zero-order chi connectivity index (χ0) is 8.12. The van der Waals surface area contributed by atoms with Gasteiger partial charge in [0.2, 0.25) is 0 Å². The first-order chi connectivity index (χ1) is 4.24. The average molecular weight is 246 g/mol. The van der Waals surface area contributed by atoms with Gasteiger partial charge in [-0.15, -0.1) is 0 Å². The molecule has 0 aromatic rings. The summed E-state index contributed by atoms with van der Waals surface area (Å²) in [4.78, 5) is 0. The number of rotatable bonds is 0. The lowest BCUT2D eigenvalue weighted by atomic mass is 11.9. The smallest absolute Gasteiger partial charge is 0.0187 e. The molecule has 0 bridgehead atoms. The van der Waals surface area contributed by atoms with Gasteiger partial charge in [-0.25, -0.2) is 0 Å². The SMILES string of the molecule is CSC.CSC.CSC.F.F.F. The summed E-state index contributed by atoms with van der Waals surface area (Å²) in [6.45, 7) is 0. The normalized spacial score (nSPS) is 4.50. The zero-order valence-electron chi connectivity index (χ0n) is 8.45. The topological polar surface area (TPSA) is 0 Å². The van der Waals surface area contributed by atoms with E-state index in [0.717, 1.165) is 0 Å². The van der Waals surface area contributed by atoms with Crippen molar-refractivity contribution >= 4 is 35.3 Å². The van der Waals surface area contributed by atoms with Crippen molar-refractivity contribution < 1.29 is 14.1 Å². The highest BCUT2D eigenvalue weighted by Gasteiger charge is 1.33. The first kappa shape index (κ1) is 38.5. The molecule has 0 aliphatic carbocycles. The van der Waals surface area contributed by atoms with Crippen LogP contribution in [0.2, 0.25) is 0 Å². The molecule has 0 saturated carbocycles. The molecule has 0 spiro atoms. The van der Waals surface area contributed by atoms with Gasteiger partial charge in [-0.3, -0.25) is 14.1 Å². The van der Waals surface area contributed by atoms with Gasteiger partial charge in [-0.2, -0.15) is 35.3 Å². The van der Waals surface area contributed by atoms with Crippen LogP contribution in [0.25, 0.3) is 0 Å². The maximum Gasteiger partial charge on any atom is -0.0187 e. The largest absolute Gasteiger partial charge is 0.269 e. The lowest BCUT2D eigenvalue weighted by Crippen LogP contribution is -1.25. The Morgan fingerprint density at radius 2 is 0.417 bits per heavy atom. The lowest BCUT2D eigenvalue weighted by Gasteiger charge is -1.51. The molecule has 0 aliphatic rings. The summed E-state index contributed by atoms with van der Waals surface area (Å²) < 4.78 is 0. The molecular formula is C6H21F3S3. The van der Waals surface area contributed by atoms with Gasteiger partial charge in [-0.1, -0.05) is 0 Å². The van der Waals surface area contributed by atoms with Gasteiger partial charge >= 0.3 is 0 Å². The molecule has 6 heteroatoms. The highest BCUT2D eigenvalue weighted by Crippen LogP contribution is 1.71. The Morgan fingerprint density at radius 1 is 0.417 bits per heavy atom. The number of hydrogen-bond donors (Lipinski definition) is 0. The Balaban J connectivity index is -0.00000001000. The summed E-state index contributed by atoms with van der Waals surface area (Å²) in [5, 5.41) is 0. The van der Waals surface area contributed by atoms with Crippen molar-refractivity contribution in [2.24, 2.45) is 0 Å². The third-order valence-corrected chi connectivity index (χ3v) is 0. The van der Waals surface area contributed by atoms with Crippen molar-refractivity contribution in [2.75, 3.05) is 37.5 Å². The van der Waals surface area contributed by atoms with Crippen LogP contribution in [0, 0.1) is 0 Å². The number of halogens is 3. The minimum Gasteiger partial charge on any atom is -0.269 e. The molecule has 0 rings (SSSR count). The predicted molar refractivity (Wildman–Crippen MR) is 65.8 cm³/mol. The molecule has 0 heterocycles. The van der Waals surface area contributed by atoms with Crippen LogP contribution in [0.1, 0.15) is 0 Å². The van der Waals surface area contributed by atoms with Crippen molar-refractivity contribution in [1.82, 2.24) is 0 Å². The molecule has 0 radical (unpaired) electrons. The summed E-state index contributed by atoms with van der Waals surface area (Å²) in [5.41, 5.74) is 0. The minimum atomic E-state index is 0. The minimum absolute atomic E-state index is 0. The van der Waals surface area contributed by atoms with Crippen LogP contribution in [0.15, 0.2) is 0 Å². The van der Waals surface area contributed by atoms with Crippen LogP contribution >= 0.6 is 35.3 Å². The van der Waals surface area contributed by atoms with E-state index in [-0.39, 0.29) is 14.1 Å². The molecule has 0 amide bonds. The van der Waals surface area contributed by atoms with Gasteiger partial charge in [0.05, 0.1) is 0 Å². The van der Waals surface area contributed by atoms with E-state index in [2.05, 4.69) is 0 Å². The fraction of sp³-hybridized carbons (Fsp3) is 1.00. The van der Waals surface area contributed by atoms with E-state index >= 15 is 0 Å². The molecule has 0 atom stereocenters. The second-order valence-electron chi connectivity index (χ2n) is 1.22. The van der Waals surface area contributed by atoms with Crippen LogP contribution < -0.4 is 0 Å². The van der Waals surface area contributed by atoms with Gasteiger partial charge in [0.25, 0.3) is 0 Å². The molecule has 0 fully saturated rings. The maximum absolute atomic E-state index is 2.04. The molecule has 0 aromatic carbocycles. The molecule has 0 aromatic heterocycles. The van der Waals surface area contributed by atoms with E-state index in [4.69, 9.17) is 0 Å². The third-order valence-electron chi connectivity index (χ3n) is 0. The second kappa shape index (κ2) is 94.4. The quantitative estimate of drug-likeness (QED) is 0.643. The van der Waals surface area contributed by atoms with Crippen molar-refractivity contribution in [1.29, 1.82) is 0 Å². The van der Waals surface area contributed by atoms with E-state index in [1.54, 1.807) is 35.3 Å². The summed E-state index contributed by atoms with van der Waals surface area (Å²) in [5.74, 6) is 0. The second-order valence-corrected chi connectivity index (χ2v) is 3.67. The first-order valence-corrected chi connectivity index (χ1v) is 7.35. The van der Waals surface area contributed by atoms with E-state index in [0.29, 0.717) is 0 Å². The number of thioether (sulfide) groups is 3. The van der Waals surface area contributed by atoms with Crippen LogP contribution in [0.5, 0.6) is 0 Å². The van der Waals surface area contributed by atoms with Crippen molar-refractivity contribution in [3.05, 3.63) is 0 Å². The van der Waals surface area contributed by atoms with Gasteiger partial charge < -0.3 is 0 Å². The fourth-order valence-corrected chi connectivity index (χ4v) is 0. The molecule has 0 N–H and O–H groups in total. The predicted octanol–water partition coefficient (Wildman–Crippen LogP) is 3.40. The van der Waals surface area contributed by atoms with E-state index in [1.165, 1.54) is 0 Å². The average Bonchev–Trinajstić information content (AvgIpc) is 1.70. The Bertz CT molecular complexity index is 22.8. The van der Waals surface area contributed by atoms with Gasteiger partial charge in [-0.05, 0) is 37.5 Å². The Morgan fingerprint density at radius 3 is 0.417 bits per heavy atom. The Labute approximate surface area is 87.1 Å². The van der Waals surface area contributed by atoms with Crippen molar-refractivity contribution in [3.63, 3.8) is 0 Å². The van der Waals surface area contributed by atoms with Crippen LogP contribution in [0.4, 0.5) is 14.1 Å². The van der Waals surface area contributed by atoms with Gasteiger partial charge in [0, 0.05) is 0 Å². The Kier molecular flexibility index (Phi) is 302. The van der Waals surface area contributed by atoms with E-state index in [1.807, 2.05) is 37.5 Å². The van der Waals surface area contributed by atoms with Crippen LogP contribution in [-0.2, 0) is 0 Å². The van der Waals surface area contributed by atoms with Crippen LogP contribution in [0.3, 0.4) is 0 Å². The molecule has 0 saturated heterocycles. The highest BCUT2D eigenvalue weighted by molar-refractivity contribution is 7.98. The lowest BCUT2D eigenvalue weighted by molar-refractivity contribution is 1.11. The zero-order valence-corrected chi connectivity index (χ0v) is 10.9. The van der Waals surface area contributed by atoms with Gasteiger partial charge in [0.1, 0.15) is 0 Å². The Hall–Kier alpha value is 0.840. The van der Waals surface area contributed by atoms with Crippen molar-refractivity contribution in [3.8, 4) is 0 Å². The highest BCUT2D eigenvalue weighted by atomic mass is 32.2. The standard InChI is InChI=1S/3C2H6S.3FH/c3*1-3-2;;;/h3*1-2H3;3*1H. The molecule has 0 nitrogen and oxygen atoms in total. The monoisotopic (exact) mass is 246 g/mol. The molecular weight excluding hydrogens is 225 g/mol. The van der Waals surface area contributed by atoms with Crippen molar-refractivity contribution in [2.45, 2.75) is 0 Å². The van der Waals surface area contributed by atoms with E-state index in [9.17, 15) is 0 Å². The summed E-state index contributed by atoms with van der Waals surface area (Å²) in [7, 11) is 0. The third kappa shape index (κ3) is 1490. The van der Waals surface area contributed by atoms with Gasteiger partial charge in [0.15, 0.2) is 0 Å². The molecule has 0 unspecified atom stereocenters. The summed E-state index contributed by atoms with van der Waals surface area (Å²) >= 11 is 5.25. The molecule has 84 valence electrons. The summed E-state index contributed by atoms with van der Waals surface area (Å²) in [6.07, 6.45) is 12.2. The van der Waals surface area contributed by atoms with E-state index < -0.39 is 0 Å². The molecule has 0 aliphatic heterocycles. The maximum atomic E-state index is 2.04. The van der Waals surface area contributed by atoms with Crippen LogP contribution in [-0.4, -0.2) is 37.5 Å². The number of hydrogen-bond acceptors (Lipinski definition) is 3. The first-order valence-electron chi connectivity index (χ1n) is 2.45. The fourth-order valence-electron chi connectivity index (χ4n) is 0. The summed E-state index contributed by atoms with van der Waals surface area (Å²) in [6, 6.07) is 0. The molecule has 12 heavy (non-hydrogen) atoms.